The summed E-state index contributed by atoms with van der Waals surface area (Å²) in [6.07, 6.45) is 5.29. The Bertz CT molecular complexity index is 566. The van der Waals surface area contributed by atoms with Gasteiger partial charge in [0.15, 0.2) is 0 Å². The second kappa shape index (κ2) is 5.03. The van der Waals surface area contributed by atoms with Crippen molar-refractivity contribution in [3.63, 3.8) is 0 Å². The van der Waals surface area contributed by atoms with Crippen molar-refractivity contribution >= 4 is 17.5 Å². The number of fused-ring (bicyclic) bond motifs is 1. The molecule has 1 aromatic rings. The summed E-state index contributed by atoms with van der Waals surface area (Å²) >= 11 is 6.15. The largest absolute Gasteiger partial charge is 0.339 e. The number of nitrogens with zero attached hydrogens (tertiary/aromatic N) is 2. The molecule has 114 valence electrons. The number of hydrogen-bond donors (Lipinski definition) is 1. The van der Waals surface area contributed by atoms with Crippen LogP contribution in [0.5, 0.6) is 0 Å². The Morgan fingerprint density at radius 2 is 2.24 bits per heavy atom. The van der Waals surface area contributed by atoms with Gasteiger partial charge in [0.1, 0.15) is 5.69 Å². The summed E-state index contributed by atoms with van der Waals surface area (Å²) in [4.78, 5) is 15.2. The number of hydrogen-bond acceptors (Lipinski definition) is 2. The number of amides is 1. The fourth-order valence-electron chi connectivity index (χ4n) is 4.20. The molecule has 0 radical (unpaired) electrons. The Kier molecular flexibility index (Phi) is 3.27. The van der Waals surface area contributed by atoms with E-state index in [0.717, 1.165) is 44.6 Å². The number of halogens is 1. The van der Waals surface area contributed by atoms with Crippen molar-refractivity contribution in [1.29, 1.82) is 0 Å². The molecule has 3 fully saturated rings. The molecule has 1 aromatic heterocycles. The number of aromatic nitrogens is 1. The molecule has 1 N–H and O–H groups in total. The maximum atomic E-state index is 13.0. The van der Waals surface area contributed by atoms with Crippen molar-refractivity contribution in [2.45, 2.75) is 38.3 Å². The average molecular weight is 308 g/mol. The number of carbonyl (C=O) groups is 1. The number of nitrogens with one attached hydrogen (secondary N) is 1. The Morgan fingerprint density at radius 3 is 2.95 bits per heavy atom. The Morgan fingerprint density at radius 1 is 1.43 bits per heavy atom. The molecule has 2 saturated heterocycles. The highest BCUT2D eigenvalue weighted by atomic mass is 35.5. The van der Waals surface area contributed by atoms with Gasteiger partial charge in [-0.25, -0.2) is 0 Å². The molecular formula is C16H22ClN3O. The molecule has 5 heteroatoms. The van der Waals surface area contributed by atoms with Gasteiger partial charge in [0, 0.05) is 37.9 Å². The highest BCUT2D eigenvalue weighted by Gasteiger charge is 2.46. The molecule has 0 spiro atoms. The highest BCUT2D eigenvalue weighted by molar-refractivity contribution is 6.31. The third-order valence-electron chi connectivity index (χ3n) is 5.37. The predicted molar refractivity (Wildman–Crippen MR) is 82.7 cm³/mol. The maximum absolute atomic E-state index is 13.0. The van der Waals surface area contributed by atoms with Crippen molar-refractivity contribution in [3.05, 3.63) is 23.0 Å². The fourth-order valence-corrected chi connectivity index (χ4v) is 4.41. The minimum Gasteiger partial charge on any atom is -0.339 e. The Hall–Kier alpha value is -1.00. The van der Waals surface area contributed by atoms with Crippen molar-refractivity contribution < 1.29 is 4.79 Å². The molecule has 3 atom stereocenters. The van der Waals surface area contributed by atoms with Gasteiger partial charge in [-0.2, -0.15) is 0 Å². The van der Waals surface area contributed by atoms with Gasteiger partial charge in [0.05, 0.1) is 5.02 Å². The summed E-state index contributed by atoms with van der Waals surface area (Å²) in [6, 6.07) is 2.71. The van der Waals surface area contributed by atoms with Crippen LogP contribution in [-0.2, 0) is 0 Å². The average Bonchev–Trinajstić information content (AvgIpc) is 2.93. The zero-order chi connectivity index (χ0) is 14.6. The van der Waals surface area contributed by atoms with E-state index in [4.69, 9.17) is 11.6 Å². The zero-order valence-corrected chi connectivity index (χ0v) is 13.1. The lowest BCUT2D eigenvalue weighted by Gasteiger charge is -2.27. The van der Waals surface area contributed by atoms with Crippen LogP contribution >= 0.6 is 11.6 Å². The smallest absolute Gasteiger partial charge is 0.270 e. The van der Waals surface area contributed by atoms with Gasteiger partial charge in [-0.15, -0.1) is 0 Å². The normalized spacial score (nSPS) is 31.7. The Labute approximate surface area is 130 Å². The molecule has 3 heterocycles. The maximum Gasteiger partial charge on any atom is 0.270 e. The van der Waals surface area contributed by atoms with Crippen LogP contribution in [0.3, 0.4) is 0 Å². The first-order valence-corrected chi connectivity index (χ1v) is 8.46. The first kappa shape index (κ1) is 13.6. The van der Waals surface area contributed by atoms with E-state index in [9.17, 15) is 4.79 Å². The van der Waals surface area contributed by atoms with Crippen LogP contribution < -0.4 is 5.32 Å². The van der Waals surface area contributed by atoms with Crippen molar-refractivity contribution in [2.75, 3.05) is 19.6 Å². The van der Waals surface area contributed by atoms with Crippen LogP contribution in [0, 0.1) is 11.8 Å². The molecule has 0 aromatic carbocycles. The van der Waals surface area contributed by atoms with E-state index in [0.29, 0.717) is 28.9 Å². The topological polar surface area (TPSA) is 37.3 Å². The van der Waals surface area contributed by atoms with Gasteiger partial charge in [0.2, 0.25) is 0 Å². The molecule has 21 heavy (non-hydrogen) atoms. The van der Waals surface area contributed by atoms with Crippen molar-refractivity contribution in [2.24, 2.45) is 11.8 Å². The summed E-state index contributed by atoms with van der Waals surface area (Å²) in [6.45, 7) is 5.19. The Balaban J connectivity index is 1.62. The number of carbonyl (C=O) groups excluding carboxylic acids is 1. The predicted octanol–water partition coefficient (Wildman–Crippen LogP) is 2.55. The zero-order valence-electron chi connectivity index (χ0n) is 12.4. The van der Waals surface area contributed by atoms with Crippen LogP contribution in [0.15, 0.2) is 12.3 Å². The van der Waals surface area contributed by atoms with E-state index in [-0.39, 0.29) is 5.91 Å². The van der Waals surface area contributed by atoms with Crippen LogP contribution in [0.2, 0.25) is 5.02 Å². The van der Waals surface area contributed by atoms with E-state index in [2.05, 4.69) is 21.7 Å². The molecule has 1 amide bonds. The van der Waals surface area contributed by atoms with Crippen molar-refractivity contribution in [3.8, 4) is 0 Å². The lowest BCUT2D eigenvalue weighted by atomic mass is 9.93. The molecule has 0 bridgehead atoms. The molecule has 3 aliphatic rings. The molecule has 1 saturated carbocycles. The first-order chi connectivity index (χ1) is 10.2. The molecule has 1 aliphatic carbocycles. The van der Waals surface area contributed by atoms with Crippen LogP contribution in [-0.4, -0.2) is 41.1 Å². The van der Waals surface area contributed by atoms with Gasteiger partial charge in [-0.1, -0.05) is 18.5 Å². The van der Waals surface area contributed by atoms with E-state index in [1.807, 2.05) is 12.3 Å². The van der Waals surface area contributed by atoms with Gasteiger partial charge in [0.25, 0.3) is 5.91 Å². The quantitative estimate of drug-likeness (QED) is 0.932. The number of rotatable bonds is 3. The summed E-state index contributed by atoms with van der Waals surface area (Å²) in [5.41, 5.74) is 0.786. The van der Waals surface area contributed by atoms with E-state index >= 15 is 0 Å². The van der Waals surface area contributed by atoms with Crippen LogP contribution in [0.1, 0.15) is 42.7 Å². The van der Waals surface area contributed by atoms with Crippen LogP contribution in [0.25, 0.3) is 0 Å². The molecule has 3 unspecified atom stereocenters. The minimum absolute atomic E-state index is 0.176. The fraction of sp³-hybridized carbons (Fsp3) is 0.688. The lowest BCUT2D eigenvalue weighted by molar-refractivity contribution is 0.0700. The van der Waals surface area contributed by atoms with Crippen LogP contribution in [0.4, 0.5) is 0 Å². The second-order valence-electron chi connectivity index (χ2n) is 6.70. The monoisotopic (exact) mass is 307 g/mol. The lowest BCUT2D eigenvalue weighted by Crippen LogP contribution is -2.40. The molecule has 4 rings (SSSR count). The second-order valence-corrected chi connectivity index (χ2v) is 7.13. The standard InChI is InChI=1S/C16H22ClN3O/c1-2-14-13-7-18-6-10(13)8-20(14)16(21)15-5-11(17)9-19(15)12-3-4-12/h5,9-10,12-14,18H,2-4,6-8H2,1H3. The summed E-state index contributed by atoms with van der Waals surface area (Å²) in [5.74, 6) is 1.42. The number of likely N-dealkylation sites (tertiary alicyclic amines) is 1. The van der Waals surface area contributed by atoms with E-state index in [1.165, 1.54) is 0 Å². The highest BCUT2D eigenvalue weighted by Crippen LogP contribution is 2.39. The summed E-state index contributed by atoms with van der Waals surface area (Å²) in [5, 5.41) is 4.15. The first-order valence-electron chi connectivity index (χ1n) is 8.08. The molecule has 2 aliphatic heterocycles. The van der Waals surface area contributed by atoms with Gasteiger partial charge >= 0.3 is 0 Å². The summed E-state index contributed by atoms with van der Waals surface area (Å²) < 4.78 is 2.10. The SMILES string of the molecule is CCC1C2CNCC2CN1C(=O)c1cc(Cl)cn1C1CC1. The van der Waals surface area contributed by atoms with Gasteiger partial charge < -0.3 is 14.8 Å². The van der Waals surface area contributed by atoms with Crippen molar-refractivity contribution in [1.82, 2.24) is 14.8 Å². The van der Waals surface area contributed by atoms with E-state index in [1.54, 1.807) is 0 Å². The molecular weight excluding hydrogens is 286 g/mol. The van der Waals surface area contributed by atoms with Gasteiger partial charge in [-0.05, 0) is 37.2 Å². The summed E-state index contributed by atoms with van der Waals surface area (Å²) in [7, 11) is 0. The van der Waals surface area contributed by atoms with Gasteiger partial charge in [-0.3, -0.25) is 4.79 Å². The van der Waals surface area contributed by atoms with E-state index < -0.39 is 0 Å². The third-order valence-corrected chi connectivity index (χ3v) is 5.58. The molecule has 4 nitrogen and oxygen atoms in total. The minimum atomic E-state index is 0.176. The third kappa shape index (κ3) is 2.20.